The molecule has 0 aliphatic heterocycles. The summed E-state index contributed by atoms with van der Waals surface area (Å²) in [4.78, 5) is -1.27. The van der Waals surface area contributed by atoms with Crippen molar-refractivity contribution in [3.8, 4) is 0 Å². The molecule has 0 spiro atoms. The Kier molecular flexibility index (Phi) is 13.7. The molecule has 0 heterocycles. The van der Waals surface area contributed by atoms with E-state index in [0.717, 1.165) is 0 Å². The van der Waals surface area contributed by atoms with E-state index in [4.69, 9.17) is 52.0 Å². The molecule has 0 bridgehead atoms. The second-order valence-corrected chi connectivity index (χ2v) is 13.0. The molecule has 3 aromatic carbocycles. The molecule has 0 saturated carbocycles. The van der Waals surface area contributed by atoms with E-state index in [1.165, 1.54) is 36.4 Å². The third-order valence-corrected chi connectivity index (χ3v) is 8.58. The summed E-state index contributed by atoms with van der Waals surface area (Å²) < 4.78 is 95.7. The largest absolute Gasteiger partial charge is 3.00 e. The fourth-order valence-corrected chi connectivity index (χ4v) is 5.18. The van der Waals surface area contributed by atoms with Crippen LogP contribution in [0.2, 0.25) is 15.1 Å². The molecule has 12 nitrogen and oxygen atoms in total. The van der Waals surface area contributed by atoms with E-state index in [0.29, 0.717) is 31.8 Å². The quantitative estimate of drug-likeness (QED) is 0.200. The maximum absolute atomic E-state index is 10.6. The van der Waals surface area contributed by atoms with Crippen molar-refractivity contribution >= 4 is 82.2 Å². The molecule has 40 heavy (non-hydrogen) atoms. The van der Waals surface area contributed by atoms with Gasteiger partial charge in [-0.05, 0) is 73.9 Å². The first-order valence-corrected chi connectivity index (χ1v) is 15.4. The number of halogens is 3. The molecule has 6 N–H and O–H groups in total. The van der Waals surface area contributed by atoms with Gasteiger partial charge in [0.2, 0.25) is 0 Å². The van der Waals surface area contributed by atoms with Gasteiger partial charge in [-0.1, -0.05) is 34.8 Å². The number of benzene rings is 3. The van der Waals surface area contributed by atoms with Crippen LogP contribution in [0.1, 0.15) is 16.7 Å². The van der Waals surface area contributed by atoms with Crippen LogP contribution in [-0.4, -0.2) is 38.9 Å². The Balaban J connectivity index is 0.000000563. The van der Waals surface area contributed by atoms with Gasteiger partial charge >= 0.3 is 16.5 Å². The van der Waals surface area contributed by atoms with E-state index < -0.39 is 45.0 Å². The molecular formula is C21H21Cl3N3NiO9S3. The van der Waals surface area contributed by atoms with Crippen molar-refractivity contribution in [2.75, 3.05) is 17.2 Å². The van der Waals surface area contributed by atoms with Gasteiger partial charge in [-0.15, -0.1) is 0 Å². The average Bonchev–Trinajstić information content (AvgIpc) is 2.74. The van der Waals surface area contributed by atoms with Gasteiger partial charge in [0.05, 0.1) is 31.7 Å². The Morgan fingerprint density at radius 2 is 0.675 bits per heavy atom. The van der Waals surface area contributed by atoms with Gasteiger partial charge in [-0.3, -0.25) is 0 Å². The van der Waals surface area contributed by atoms with E-state index in [1.807, 2.05) is 0 Å². The summed E-state index contributed by atoms with van der Waals surface area (Å²) in [7, 11) is -13.5. The van der Waals surface area contributed by atoms with E-state index in [-0.39, 0.29) is 33.6 Å². The summed E-state index contributed by atoms with van der Waals surface area (Å²) in [6, 6.07) is 7.25. The summed E-state index contributed by atoms with van der Waals surface area (Å²) in [6.45, 7) is 4.78. The van der Waals surface area contributed by atoms with Crippen molar-refractivity contribution in [2.24, 2.45) is 0 Å². The van der Waals surface area contributed by atoms with E-state index >= 15 is 0 Å². The van der Waals surface area contributed by atoms with Crippen molar-refractivity contribution in [1.29, 1.82) is 0 Å². The Hall–Kier alpha value is -1.85. The predicted octanol–water partition coefficient (Wildman–Crippen LogP) is 3.40. The van der Waals surface area contributed by atoms with Crippen LogP contribution >= 0.6 is 34.8 Å². The SMILES string of the molecule is Cc1cc(S(=O)(=O)[O-])c(N)cc1Cl.Cc1cc(S(=O)(=O)[O-])c(N)cc1Cl.Cc1cc(S(=O)(=O)[O-])c(N)cc1Cl.[Ni+3]. The Morgan fingerprint density at radius 3 is 0.825 bits per heavy atom. The molecule has 3 aromatic rings. The molecule has 0 amide bonds. The van der Waals surface area contributed by atoms with Crippen LogP contribution in [0.3, 0.4) is 0 Å². The summed E-state index contributed by atoms with van der Waals surface area (Å²) in [6.07, 6.45) is 0. The van der Waals surface area contributed by atoms with E-state index in [1.54, 1.807) is 20.8 Å². The second-order valence-electron chi connectivity index (χ2n) is 7.78. The zero-order valence-corrected chi connectivity index (χ0v) is 26.3. The van der Waals surface area contributed by atoms with Crippen LogP contribution in [0.5, 0.6) is 0 Å². The molecule has 19 heteroatoms. The predicted molar refractivity (Wildman–Crippen MR) is 146 cm³/mol. The van der Waals surface area contributed by atoms with Crippen LogP contribution in [-0.2, 0) is 46.8 Å². The number of rotatable bonds is 3. The number of nitrogens with two attached hydrogens (primary N) is 3. The molecule has 0 aromatic heterocycles. The van der Waals surface area contributed by atoms with Crippen molar-refractivity contribution in [3.05, 3.63) is 68.2 Å². The minimum Gasteiger partial charge on any atom is -0.744 e. The third kappa shape index (κ3) is 10.9. The first-order valence-electron chi connectivity index (χ1n) is 10.0. The number of hydrogen-bond donors (Lipinski definition) is 3. The first-order chi connectivity index (χ1) is 17.5. The number of aryl methyl sites for hydroxylation is 3. The van der Waals surface area contributed by atoms with Gasteiger partial charge in [0.25, 0.3) is 0 Å². The smallest absolute Gasteiger partial charge is 0.744 e. The maximum Gasteiger partial charge on any atom is 3.00 e. The van der Waals surface area contributed by atoms with E-state index in [9.17, 15) is 38.9 Å². The Bertz CT molecular complexity index is 1530. The zero-order valence-electron chi connectivity index (χ0n) is 20.5. The molecule has 223 valence electrons. The summed E-state index contributed by atoms with van der Waals surface area (Å²) in [5.74, 6) is 0. The molecule has 0 unspecified atom stereocenters. The summed E-state index contributed by atoms with van der Waals surface area (Å²) >= 11 is 17.0. The second kappa shape index (κ2) is 14.4. The molecule has 0 fully saturated rings. The minimum atomic E-state index is -4.51. The molecule has 0 aliphatic rings. The van der Waals surface area contributed by atoms with E-state index in [2.05, 4.69) is 0 Å². The number of anilines is 3. The van der Waals surface area contributed by atoms with Crippen LogP contribution in [0.25, 0.3) is 0 Å². The number of hydrogen-bond acceptors (Lipinski definition) is 12. The topological polar surface area (TPSA) is 250 Å². The molecule has 0 atom stereocenters. The van der Waals surface area contributed by atoms with Crippen molar-refractivity contribution in [3.63, 3.8) is 0 Å². The molecule has 3 rings (SSSR count). The fraction of sp³-hybridized carbons (Fsp3) is 0.143. The minimum absolute atomic E-state index is 0. The average molecular weight is 721 g/mol. The van der Waals surface area contributed by atoms with Crippen LogP contribution < -0.4 is 17.2 Å². The monoisotopic (exact) mass is 718 g/mol. The van der Waals surface area contributed by atoms with Crippen molar-refractivity contribution < 1.29 is 55.4 Å². The molecule has 0 saturated heterocycles. The van der Waals surface area contributed by atoms with Gasteiger partial charge < -0.3 is 30.9 Å². The standard InChI is InChI=1S/3C7H8ClNO3S.Ni/c3*1-4-2-7(13(10,11)12)6(9)3-5(4)8;/h3*2-3H,9H2,1H3,(H,10,11,12);/q;;;+3/p-3. The zero-order chi connectivity index (χ0) is 30.7. The first kappa shape index (κ1) is 38.2. The van der Waals surface area contributed by atoms with Gasteiger partial charge in [0.1, 0.15) is 30.4 Å². The molecular weight excluding hydrogens is 699 g/mol. The van der Waals surface area contributed by atoms with Crippen molar-refractivity contribution in [1.82, 2.24) is 0 Å². The van der Waals surface area contributed by atoms with Gasteiger partial charge in [0, 0.05) is 15.1 Å². The van der Waals surface area contributed by atoms with Gasteiger partial charge in [-0.2, -0.15) is 0 Å². The van der Waals surface area contributed by atoms with Gasteiger partial charge in [-0.25, -0.2) is 25.3 Å². The van der Waals surface area contributed by atoms with Gasteiger partial charge in [0.15, 0.2) is 0 Å². The number of nitrogen functional groups attached to an aromatic ring is 3. The summed E-state index contributed by atoms with van der Waals surface area (Å²) in [5, 5.41) is 1.01. The molecule has 0 aliphatic carbocycles. The Labute approximate surface area is 257 Å². The van der Waals surface area contributed by atoms with Crippen LogP contribution in [0.4, 0.5) is 17.1 Å². The fourth-order valence-electron chi connectivity index (χ4n) is 2.66. The van der Waals surface area contributed by atoms with Crippen molar-refractivity contribution in [2.45, 2.75) is 35.5 Å². The van der Waals surface area contributed by atoms with Crippen LogP contribution in [0.15, 0.2) is 51.1 Å². The summed E-state index contributed by atoms with van der Waals surface area (Å²) in [5.41, 5.74) is 17.1. The van der Waals surface area contributed by atoms with Crippen LogP contribution in [0, 0.1) is 20.8 Å². The normalized spacial score (nSPS) is 11.3. The third-order valence-electron chi connectivity index (χ3n) is 4.68. The maximum atomic E-state index is 10.6. The Morgan fingerprint density at radius 1 is 0.500 bits per heavy atom. The molecule has 1 radical (unpaired) electrons.